The van der Waals surface area contributed by atoms with Gasteiger partial charge in [0.05, 0.1) is 24.4 Å². The molecule has 2 aliphatic heterocycles. The van der Waals surface area contributed by atoms with Crippen molar-refractivity contribution >= 4 is 5.91 Å². The minimum atomic E-state index is -0.0553. The van der Waals surface area contributed by atoms with E-state index in [9.17, 15) is 9.59 Å². The fourth-order valence-corrected chi connectivity index (χ4v) is 4.39. The molecule has 0 saturated carbocycles. The third-order valence-corrected chi connectivity index (χ3v) is 5.90. The van der Waals surface area contributed by atoms with Crippen molar-refractivity contribution in [2.75, 3.05) is 13.1 Å². The standard InChI is InChI=1S/C23H30N4O3/c1-15(2)30-18-8-6-17(7-9-18)13-27-11-4-5-21(27)22-24-20-14-26(16(3)28)12-10-19(20)23(29)25-22/h6-9,15,21H,4-5,10-14H2,1-3H3,(H,24,25,29). The lowest BCUT2D eigenvalue weighted by Gasteiger charge is -2.28. The van der Waals surface area contributed by atoms with E-state index in [-0.39, 0.29) is 23.6 Å². The Morgan fingerprint density at radius 1 is 1.27 bits per heavy atom. The maximum atomic E-state index is 12.7. The molecule has 1 aromatic carbocycles. The Morgan fingerprint density at radius 3 is 2.73 bits per heavy atom. The molecule has 2 aliphatic rings. The first kappa shape index (κ1) is 20.6. The van der Waals surface area contributed by atoms with Crippen LogP contribution < -0.4 is 10.3 Å². The number of nitrogens with zero attached hydrogens (tertiary/aromatic N) is 3. The summed E-state index contributed by atoms with van der Waals surface area (Å²) in [6.45, 7) is 8.37. The normalized spacial score (nSPS) is 19.2. The quantitative estimate of drug-likeness (QED) is 0.820. The number of aromatic amines is 1. The topological polar surface area (TPSA) is 78.5 Å². The Hall–Kier alpha value is -2.67. The molecule has 0 aliphatic carbocycles. The van der Waals surface area contributed by atoms with Gasteiger partial charge in [-0.3, -0.25) is 14.5 Å². The van der Waals surface area contributed by atoms with Gasteiger partial charge >= 0.3 is 0 Å². The molecule has 30 heavy (non-hydrogen) atoms. The van der Waals surface area contributed by atoms with Crippen LogP contribution in [-0.2, 0) is 24.3 Å². The number of hydrogen-bond donors (Lipinski definition) is 1. The number of nitrogens with one attached hydrogen (secondary N) is 1. The first-order valence-electron chi connectivity index (χ1n) is 10.8. The van der Waals surface area contributed by atoms with Gasteiger partial charge < -0.3 is 14.6 Å². The van der Waals surface area contributed by atoms with E-state index in [0.717, 1.165) is 48.8 Å². The van der Waals surface area contributed by atoms with Crippen molar-refractivity contribution in [3.05, 3.63) is 57.3 Å². The summed E-state index contributed by atoms with van der Waals surface area (Å²) < 4.78 is 5.73. The molecule has 1 amide bonds. The fraction of sp³-hybridized carbons (Fsp3) is 0.522. The van der Waals surface area contributed by atoms with Crippen molar-refractivity contribution in [2.45, 2.75) is 65.3 Å². The highest BCUT2D eigenvalue weighted by Crippen LogP contribution is 2.32. The van der Waals surface area contributed by atoms with E-state index in [2.05, 4.69) is 22.0 Å². The van der Waals surface area contributed by atoms with Crippen LogP contribution in [0.5, 0.6) is 5.75 Å². The lowest BCUT2D eigenvalue weighted by molar-refractivity contribution is -0.129. The van der Waals surface area contributed by atoms with Crippen molar-refractivity contribution in [3.63, 3.8) is 0 Å². The molecule has 1 aromatic heterocycles. The Labute approximate surface area is 177 Å². The van der Waals surface area contributed by atoms with Gasteiger partial charge in [0, 0.05) is 25.6 Å². The number of ether oxygens (including phenoxy) is 1. The van der Waals surface area contributed by atoms with Crippen molar-refractivity contribution in [1.29, 1.82) is 0 Å². The van der Waals surface area contributed by atoms with Gasteiger partial charge in [-0.25, -0.2) is 4.98 Å². The summed E-state index contributed by atoms with van der Waals surface area (Å²) in [4.78, 5) is 36.4. The van der Waals surface area contributed by atoms with E-state index in [1.165, 1.54) is 5.56 Å². The Kier molecular flexibility index (Phi) is 5.90. The van der Waals surface area contributed by atoms with E-state index in [4.69, 9.17) is 9.72 Å². The summed E-state index contributed by atoms with van der Waals surface area (Å²) in [5, 5.41) is 0. The Morgan fingerprint density at radius 2 is 2.03 bits per heavy atom. The summed E-state index contributed by atoms with van der Waals surface area (Å²) in [6, 6.07) is 8.30. The molecule has 2 aromatic rings. The second-order valence-corrected chi connectivity index (χ2v) is 8.51. The molecule has 0 spiro atoms. The predicted molar refractivity (Wildman–Crippen MR) is 114 cm³/mol. The number of carbonyl (C=O) groups excluding carboxylic acids is 1. The number of benzene rings is 1. The minimum Gasteiger partial charge on any atom is -0.491 e. The predicted octanol–water partition coefficient (Wildman–Crippen LogP) is 2.80. The van der Waals surface area contributed by atoms with Crippen molar-refractivity contribution in [1.82, 2.24) is 19.8 Å². The average Bonchev–Trinajstić information content (AvgIpc) is 3.16. The van der Waals surface area contributed by atoms with Gasteiger partial charge in [-0.15, -0.1) is 0 Å². The number of aromatic nitrogens is 2. The van der Waals surface area contributed by atoms with Crippen LogP contribution in [-0.4, -0.2) is 44.9 Å². The average molecular weight is 411 g/mol. The molecule has 1 atom stereocenters. The Bertz CT molecular complexity index is 967. The van der Waals surface area contributed by atoms with E-state index in [1.807, 2.05) is 26.0 Å². The molecule has 1 fully saturated rings. The maximum absolute atomic E-state index is 12.7. The van der Waals surface area contributed by atoms with Crippen molar-refractivity contribution < 1.29 is 9.53 Å². The van der Waals surface area contributed by atoms with Crippen molar-refractivity contribution in [2.24, 2.45) is 0 Å². The molecular weight excluding hydrogens is 380 g/mol. The van der Waals surface area contributed by atoms with Gasteiger partial charge in [0.25, 0.3) is 5.56 Å². The van der Waals surface area contributed by atoms with E-state index in [0.29, 0.717) is 19.5 Å². The van der Waals surface area contributed by atoms with Gasteiger partial charge in [-0.05, 0) is 57.4 Å². The van der Waals surface area contributed by atoms with Gasteiger partial charge in [0.1, 0.15) is 11.6 Å². The summed E-state index contributed by atoms with van der Waals surface area (Å²) >= 11 is 0. The SMILES string of the molecule is CC(=O)N1CCc2c(nc(C3CCCN3Cc3ccc(OC(C)C)cc3)[nH]c2=O)C1. The van der Waals surface area contributed by atoms with E-state index >= 15 is 0 Å². The highest BCUT2D eigenvalue weighted by atomic mass is 16.5. The zero-order valence-corrected chi connectivity index (χ0v) is 18.0. The van der Waals surface area contributed by atoms with Crippen LogP contribution in [0.3, 0.4) is 0 Å². The van der Waals surface area contributed by atoms with Gasteiger partial charge in [-0.1, -0.05) is 12.1 Å². The molecule has 7 heteroatoms. The number of H-pyrrole nitrogens is 1. The van der Waals surface area contributed by atoms with Crippen LogP contribution in [0.1, 0.15) is 62.3 Å². The third-order valence-electron chi connectivity index (χ3n) is 5.90. The molecule has 4 rings (SSSR count). The monoisotopic (exact) mass is 410 g/mol. The number of likely N-dealkylation sites (tertiary alicyclic amines) is 1. The lowest BCUT2D eigenvalue weighted by Crippen LogP contribution is -2.39. The molecule has 1 N–H and O–H groups in total. The molecule has 3 heterocycles. The molecule has 0 radical (unpaired) electrons. The molecule has 1 saturated heterocycles. The summed E-state index contributed by atoms with van der Waals surface area (Å²) in [5.41, 5.74) is 2.63. The number of rotatable bonds is 5. The van der Waals surface area contributed by atoms with Crippen LogP contribution in [0.4, 0.5) is 0 Å². The lowest BCUT2D eigenvalue weighted by atomic mass is 10.1. The van der Waals surface area contributed by atoms with E-state index in [1.54, 1.807) is 11.8 Å². The number of carbonyl (C=O) groups is 1. The van der Waals surface area contributed by atoms with Crippen LogP contribution >= 0.6 is 0 Å². The van der Waals surface area contributed by atoms with Gasteiger partial charge in [0.2, 0.25) is 5.91 Å². The van der Waals surface area contributed by atoms with Crippen LogP contribution in [0.2, 0.25) is 0 Å². The molecule has 7 nitrogen and oxygen atoms in total. The minimum absolute atomic E-state index is 0.0247. The summed E-state index contributed by atoms with van der Waals surface area (Å²) in [7, 11) is 0. The smallest absolute Gasteiger partial charge is 0.254 e. The Balaban J connectivity index is 1.52. The first-order valence-corrected chi connectivity index (χ1v) is 10.8. The van der Waals surface area contributed by atoms with Crippen LogP contribution in [0.25, 0.3) is 0 Å². The largest absolute Gasteiger partial charge is 0.491 e. The summed E-state index contributed by atoms with van der Waals surface area (Å²) in [5.74, 6) is 1.63. The molecule has 160 valence electrons. The number of fused-ring (bicyclic) bond motifs is 1. The first-order chi connectivity index (χ1) is 14.4. The zero-order valence-electron chi connectivity index (χ0n) is 18.0. The molecule has 1 unspecified atom stereocenters. The second kappa shape index (κ2) is 8.60. The number of hydrogen-bond acceptors (Lipinski definition) is 5. The number of amides is 1. The highest BCUT2D eigenvalue weighted by Gasteiger charge is 2.30. The zero-order chi connectivity index (χ0) is 21.3. The van der Waals surface area contributed by atoms with E-state index < -0.39 is 0 Å². The molecule has 0 bridgehead atoms. The third kappa shape index (κ3) is 4.41. The van der Waals surface area contributed by atoms with Gasteiger partial charge in [0.15, 0.2) is 0 Å². The van der Waals surface area contributed by atoms with Crippen molar-refractivity contribution in [3.8, 4) is 5.75 Å². The van der Waals surface area contributed by atoms with Gasteiger partial charge in [-0.2, -0.15) is 0 Å². The highest BCUT2D eigenvalue weighted by molar-refractivity contribution is 5.73. The molecular formula is C23H30N4O3. The summed E-state index contributed by atoms with van der Waals surface area (Å²) in [6.07, 6.45) is 2.76. The fourth-order valence-electron chi connectivity index (χ4n) is 4.39. The van der Waals surface area contributed by atoms with Crippen LogP contribution in [0, 0.1) is 0 Å². The maximum Gasteiger partial charge on any atom is 0.254 e. The van der Waals surface area contributed by atoms with Crippen LogP contribution in [0.15, 0.2) is 29.1 Å². The second-order valence-electron chi connectivity index (χ2n) is 8.51.